The predicted molar refractivity (Wildman–Crippen MR) is 139 cm³/mol. The molecule has 0 bridgehead atoms. The molecule has 4 fully saturated rings. The number of nitrogens with one attached hydrogen (secondary N) is 2. The molecule has 9 nitrogen and oxygen atoms in total. The Morgan fingerprint density at radius 2 is 1.86 bits per heavy atom. The lowest BCUT2D eigenvalue weighted by Gasteiger charge is -2.37. The summed E-state index contributed by atoms with van der Waals surface area (Å²) in [6, 6.07) is 0.947. The molecule has 9 heteroatoms. The van der Waals surface area contributed by atoms with Crippen molar-refractivity contribution in [3.05, 3.63) is 0 Å². The number of piperazine rings is 1. The average Bonchev–Trinajstić information content (AvgIpc) is 3.64. The van der Waals surface area contributed by atoms with Crippen LogP contribution in [0.2, 0.25) is 0 Å². The summed E-state index contributed by atoms with van der Waals surface area (Å²) in [5.74, 6) is 4.53. The molecule has 0 aromatic heterocycles. The molecule has 2 saturated carbocycles. The molecule has 0 radical (unpaired) electrons. The Bertz CT molecular complexity index is 875. The second kappa shape index (κ2) is 10.1. The van der Waals surface area contributed by atoms with Crippen LogP contribution in [0.3, 0.4) is 0 Å². The quantitative estimate of drug-likeness (QED) is 0.545. The number of nitrogens with two attached hydrogens (primary N) is 1. The van der Waals surface area contributed by atoms with Gasteiger partial charge in [0.05, 0.1) is 5.84 Å². The molecule has 2 saturated heterocycles. The highest BCUT2D eigenvalue weighted by molar-refractivity contribution is 5.83. The van der Waals surface area contributed by atoms with Crippen LogP contribution in [0.1, 0.15) is 57.8 Å². The number of amides is 1. The first kappa shape index (κ1) is 23.3. The van der Waals surface area contributed by atoms with Gasteiger partial charge in [-0.15, -0.1) is 0 Å². The van der Waals surface area contributed by atoms with Gasteiger partial charge < -0.3 is 21.3 Å². The summed E-state index contributed by atoms with van der Waals surface area (Å²) in [6.45, 7) is 5.75. The first-order chi connectivity index (χ1) is 17.1. The number of aliphatic imine (C=N–C) groups is 3. The normalized spacial score (nSPS) is 39.0. The second-order valence-electron chi connectivity index (χ2n) is 11.7. The van der Waals surface area contributed by atoms with Gasteiger partial charge in [0.15, 0.2) is 5.96 Å². The zero-order chi connectivity index (χ0) is 23.8. The highest BCUT2D eigenvalue weighted by Crippen LogP contribution is 2.36. The number of rotatable bonds is 5. The number of hydrogen-bond acceptors (Lipinski definition) is 6. The molecule has 4 aliphatic heterocycles. The van der Waals surface area contributed by atoms with Gasteiger partial charge in [0.25, 0.3) is 0 Å². The molecule has 192 valence electrons. The van der Waals surface area contributed by atoms with Crippen LogP contribution in [0.25, 0.3) is 0 Å². The van der Waals surface area contributed by atoms with E-state index in [9.17, 15) is 4.79 Å². The minimum Gasteiger partial charge on any atom is -0.387 e. The standard InChI is InChI=1S/C26H42N8O/c27-23-15-20(6-8-28-23)19-3-4-21-22(14-19)31-26(30-21)32-24-13-17(5-7-29-24)16-33-9-11-34(12-10-33)25(35)18-1-2-18/h7,17-22,24H,1-6,8-16H2,(H2,27,28)(H2,30,31,32). The summed E-state index contributed by atoms with van der Waals surface area (Å²) < 4.78 is 0. The van der Waals surface area contributed by atoms with Crippen molar-refractivity contribution in [2.45, 2.75) is 76.0 Å². The van der Waals surface area contributed by atoms with E-state index in [-0.39, 0.29) is 6.17 Å². The van der Waals surface area contributed by atoms with Gasteiger partial charge in [0, 0.05) is 69.9 Å². The minimum atomic E-state index is 0.00629. The van der Waals surface area contributed by atoms with Crippen LogP contribution in [0.5, 0.6) is 0 Å². The summed E-state index contributed by atoms with van der Waals surface area (Å²) >= 11 is 0. The lowest BCUT2D eigenvalue weighted by molar-refractivity contribution is -0.134. The van der Waals surface area contributed by atoms with Crippen molar-refractivity contribution in [1.29, 1.82) is 0 Å². The molecule has 1 amide bonds. The maximum Gasteiger partial charge on any atom is 0.225 e. The summed E-state index contributed by atoms with van der Waals surface area (Å²) in [4.78, 5) is 31.1. The summed E-state index contributed by atoms with van der Waals surface area (Å²) in [7, 11) is 0. The SMILES string of the molecule is NC1=NCCC(C2CCC3NC(=NC4CC(CN5CCN(C(=O)C6CC6)CC5)CC=N4)NC3C2)C1. The van der Waals surface area contributed by atoms with E-state index in [1.807, 2.05) is 0 Å². The van der Waals surface area contributed by atoms with E-state index < -0.39 is 0 Å². The van der Waals surface area contributed by atoms with Crippen molar-refractivity contribution < 1.29 is 4.79 Å². The molecule has 0 aromatic carbocycles. The molecule has 6 unspecified atom stereocenters. The molecule has 4 heterocycles. The number of carbonyl (C=O) groups excluding carboxylic acids is 1. The third-order valence-electron chi connectivity index (χ3n) is 9.15. The second-order valence-corrected chi connectivity index (χ2v) is 11.7. The van der Waals surface area contributed by atoms with Crippen molar-refractivity contribution >= 4 is 23.9 Å². The highest BCUT2D eigenvalue weighted by atomic mass is 16.2. The first-order valence-corrected chi connectivity index (χ1v) is 14.0. The Hall–Kier alpha value is -2.16. The summed E-state index contributed by atoms with van der Waals surface area (Å²) in [6.07, 6.45) is 12.1. The molecular weight excluding hydrogens is 440 g/mol. The van der Waals surface area contributed by atoms with E-state index in [1.54, 1.807) is 0 Å². The molecule has 0 aromatic rings. The van der Waals surface area contributed by atoms with E-state index in [2.05, 4.69) is 31.6 Å². The van der Waals surface area contributed by atoms with Crippen LogP contribution in [-0.4, -0.2) is 91.2 Å². The van der Waals surface area contributed by atoms with Crippen LogP contribution in [0, 0.1) is 23.7 Å². The predicted octanol–water partition coefficient (Wildman–Crippen LogP) is 1.20. The van der Waals surface area contributed by atoms with Gasteiger partial charge in [-0.3, -0.25) is 19.7 Å². The average molecular weight is 483 g/mol. The van der Waals surface area contributed by atoms with Gasteiger partial charge in [0.1, 0.15) is 6.17 Å². The lowest BCUT2D eigenvalue weighted by atomic mass is 9.73. The summed E-state index contributed by atoms with van der Waals surface area (Å²) in [5.41, 5.74) is 6.04. The van der Waals surface area contributed by atoms with E-state index in [4.69, 9.17) is 15.7 Å². The van der Waals surface area contributed by atoms with Gasteiger partial charge in [-0.05, 0) is 69.1 Å². The van der Waals surface area contributed by atoms with Crippen molar-refractivity contribution in [3.8, 4) is 0 Å². The molecule has 2 aliphatic carbocycles. The van der Waals surface area contributed by atoms with Gasteiger partial charge >= 0.3 is 0 Å². The van der Waals surface area contributed by atoms with E-state index in [0.29, 0.717) is 35.7 Å². The zero-order valence-corrected chi connectivity index (χ0v) is 20.9. The van der Waals surface area contributed by atoms with Crippen LogP contribution in [0.15, 0.2) is 15.0 Å². The molecule has 6 atom stereocenters. The van der Waals surface area contributed by atoms with Gasteiger partial charge in [0.2, 0.25) is 5.91 Å². The Morgan fingerprint density at radius 3 is 2.66 bits per heavy atom. The lowest BCUT2D eigenvalue weighted by Crippen LogP contribution is -2.50. The Kier molecular flexibility index (Phi) is 6.69. The highest BCUT2D eigenvalue weighted by Gasteiger charge is 2.40. The Labute approximate surface area is 209 Å². The number of carbonyl (C=O) groups is 1. The summed E-state index contributed by atoms with van der Waals surface area (Å²) in [5, 5.41) is 7.37. The smallest absolute Gasteiger partial charge is 0.225 e. The van der Waals surface area contributed by atoms with Crippen LogP contribution >= 0.6 is 0 Å². The molecule has 0 spiro atoms. The van der Waals surface area contributed by atoms with Crippen molar-refractivity contribution in [2.75, 3.05) is 39.3 Å². The Morgan fingerprint density at radius 1 is 1.03 bits per heavy atom. The molecular formula is C26H42N8O. The van der Waals surface area contributed by atoms with Gasteiger partial charge in [-0.25, -0.2) is 4.99 Å². The van der Waals surface area contributed by atoms with E-state index in [1.165, 1.54) is 25.7 Å². The number of hydrogen-bond donors (Lipinski definition) is 3. The third-order valence-corrected chi connectivity index (χ3v) is 9.15. The van der Waals surface area contributed by atoms with E-state index >= 15 is 0 Å². The van der Waals surface area contributed by atoms with Crippen molar-refractivity contribution in [1.82, 2.24) is 20.4 Å². The molecule has 6 rings (SSSR count). The van der Waals surface area contributed by atoms with Crippen molar-refractivity contribution in [2.24, 2.45) is 44.4 Å². The van der Waals surface area contributed by atoms with Crippen LogP contribution in [-0.2, 0) is 4.79 Å². The molecule has 35 heavy (non-hydrogen) atoms. The van der Waals surface area contributed by atoms with Gasteiger partial charge in [-0.2, -0.15) is 0 Å². The minimum absolute atomic E-state index is 0.00629. The monoisotopic (exact) mass is 482 g/mol. The fourth-order valence-electron chi connectivity index (χ4n) is 6.92. The Balaban J connectivity index is 0.975. The number of guanidine groups is 1. The fourth-order valence-corrected chi connectivity index (χ4v) is 6.92. The third kappa shape index (κ3) is 5.49. The van der Waals surface area contributed by atoms with Crippen LogP contribution in [0.4, 0.5) is 0 Å². The van der Waals surface area contributed by atoms with Gasteiger partial charge in [-0.1, -0.05) is 0 Å². The largest absolute Gasteiger partial charge is 0.387 e. The van der Waals surface area contributed by atoms with E-state index in [0.717, 1.165) is 89.1 Å². The number of amidine groups is 1. The zero-order valence-electron chi connectivity index (χ0n) is 20.9. The fraction of sp³-hybridized carbons (Fsp3) is 0.846. The first-order valence-electron chi connectivity index (χ1n) is 14.0. The topological polar surface area (TPSA) is 111 Å². The van der Waals surface area contributed by atoms with Crippen LogP contribution < -0.4 is 16.4 Å². The molecule has 6 aliphatic rings. The van der Waals surface area contributed by atoms with Crippen molar-refractivity contribution in [3.63, 3.8) is 0 Å². The maximum absolute atomic E-state index is 12.3. The number of fused-ring (bicyclic) bond motifs is 1. The molecule has 4 N–H and O–H groups in total. The maximum atomic E-state index is 12.3. The number of nitrogens with zero attached hydrogens (tertiary/aromatic N) is 5.